The Balaban J connectivity index is 1.87. The predicted molar refractivity (Wildman–Crippen MR) is 62.2 cm³/mol. The summed E-state index contributed by atoms with van der Waals surface area (Å²) in [6.45, 7) is 2.87. The molecule has 0 aromatic heterocycles. The average Bonchev–Trinajstić information content (AvgIpc) is 2.66. The van der Waals surface area contributed by atoms with Crippen LogP contribution in [0.5, 0.6) is 5.75 Å². The van der Waals surface area contributed by atoms with E-state index < -0.39 is 0 Å². The van der Waals surface area contributed by atoms with Crippen LogP contribution < -0.4 is 4.74 Å². The molecule has 1 heterocycles. The highest BCUT2D eigenvalue weighted by atomic mass is 35.5. The zero-order valence-corrected chi connectivity index (χ0v) is 10.3. The molecule has 0 bridgehead atoms. The lowest BCUT2D eigenvalue weighted by atomic mass is 10.3. The minimum atomic E-state index is -0.151. The van der Waals surface area contributed by atoms with E-state index in [1.54, 1.807) is 18.2 Å². The monoisotopic (exact) mass is 262 g/mol. The van der Waals surface area contributed by atoms with Crippen molar-refractivity contribution in [1.29, 1.82) is 0 Å². The fraction of sp³-hybridized carbons (Fsp3) is 0.455. The van der Waals surface area contributed by atoms with E-state index in [1.807, 2.05) is 6.92 Å². The van der Waals surface area contributed by atoms with Gasteiger partial charge in [-0.05, 0) is 19.1 Å². The van der Waals surface area contributed by atoms with E-state index in [4.69, 9.17) is 37.4 Å². The summed E-state index contributed by atoms with van der Waals surface area (Å²) in [7, 11) is 0. The largest absolute Gasteiger partial charge is 0.491 e. The van der Waals surface area contributed by atoms with Crippen molar-refractivity contribution < 1.29 is 14.2 Å². The highest BCUT2D eigenvalue weighted by Crippen LogP contribution is 2.26. The summed E-state index contributed by atoms with van der Waals surface area (Å²) >= 11 is 11.7. The lowest BCUT2D eigenvalue weighted by Gasteiger charge is -2.11. The van der Waals surface area contributed by atoms with Crippen LogP contribution in [0, 0.1) is 0 Å². The summed E-state index contributed by atoms with van der Waals surface area (Å²) in [5.41, 5.74) is 0. The summed E-state index contributed by atoms with van der Waals surface area (Å²) in [6, 6.07) is 5.16. The highest BCUT2D eigenvalue weighted by Gasteiger charge is 2.22. The van der Waals surface area contributed by atoms with Crippen molar-refractivity contribution >= 4 is 23.2 Å². The molecule has 0 saturated carbocycles. The van der Waals surface area contributed by atoms with Gasteiger partial charge in [0.15, 0.2) is 6.29 Å². The first-order chi connectivity index (χ1) is 7.65. The molecule has 1 aliphatic rings. The minimum absolute atomic E-state index is 0.0237. The molecule has 0 aliphatic carbocycles. The average molecular weight is 263 g/mol. The van der Waals surface area contributed by atoms with Crippen molar-refractivity contribution in [3.8, 4) is 5.75 Å². The molecule has 2 atom stereocenters. The van der Waals surface area contributed by atoms with E-state index >= 15 is 0 Å². The molecule has 1 saturated heterocycles. The molecule has 2 rings (SSSR count). The van der Waals surface area contributed by atoms with Gasteiger partial charge in [0.25, 0.3) is 0 Å². The maximum atomic E-state index is 5.86. The number of hydrogen-bond donors (Lipinski definition) is 0. The van der Waals surface area contributed by atoms with E-state index in [0.29, 0.717) is 29.0 Å². The van der Waals surface area contributed by atoms with Crippen molar-refractivity contribution in [2.24, 2.45) is 0 Å². The molecular weight excluding hydrogens is 251 g/mol. The van der Waals surface area contributed by atoms with Gasteiger partial charge in [-0.25, -0.2) is 0 Å². The Morgan fingerprint density at radius 3 is 2.81 bits per heavy atom. The van der Waals surface area contributed by atoms with Crippen LogP contribution in [0.15, 0.2) is 18.2 Å². The Morgan fingerprint density at radius 2 is 2.19 bits per heavy atom. The van der Waals surface area contributed by atoms with Crippen molar-refractivity contribution in [1.82, 2.24) is 0 Å². The Morgan fingerprint density at radius 1 is 1.38 bits per heavy atom. The summed E-state index contributed by atoms with van der Waals surface area (Å²) < 4.78 is 16.2. The normalized spacial score (nSPS) is 24.7. The molecule has 3 nitrogen and oxygen atoms in total. The van der Waals surface area contributed by atoms with Crippen molar-refractivity contribution in [2.45, 2.75) is 19.3 Å². The Hall–Kier alpha value is -0.480. The van der Waals surface area contributed by atoms with Gasteiger partial charge in [-0.3, -0.25) is 0 Å². The topological polar surface area (TPSA) is 27.7 Å². The minimum Gasteiger partial charge on any atom is -0.491 e. The molecule has 2 unspecified atom stereocenters. The van der Waals surface area contributed by atoms with Gasteiger partial charge in [0.1, 0.15) is 18.5 Å². The summed E-state index contributed by atoms with van der Waals surface area (Å²) in [5, 5.41) is 0.999. The number of ether oxygens (including phenoxy) is 3. The number of rotatable bonds is 3. The molecule has 0 radical (unpaired) electrons. The lowest BCUT2D eigenvalue weighted by molar-refractivity contribution is -0.0486. The Kier molecular flexibility index (Phi) is 3.92. The molecule has 5 heteroatoms. The third kappa shape index (κ3) is 3.01. The summed E-state index contributed by atoms with van der Waals surface area (Å²) in [4.78, 5) is 0. The van der Waals surface area contributed by atoms with Gasteiger partial charge in [-0.15, -0.1) is 0 Å². The van der Waals surface area contributed by atoms with E-state index in [1.165, 1.54) is 0 Å². The first kappa shape index (κ1) is 12.0. The maximum absolute atomic E-state index is 5.86. The molecule has 1 aliphatic heterocycles. The third-order valence-electron chi connectivity index (χ3n) is 2.23. The third-order valence-corrected chi connectivity index (χ3v) is 2.97. The van der Waals surface area contributed by atoms with Crippen LogP contribution in [-0.4, -0.2) is 25.6 Å². The van der Waals surface area contributed by atoms with Crippen LogP contribution in [0.25, 0.3) is 0 Å². The second-order valence-electron chi connectivity index (χ2n) is 3.55. The molecule has 0 spiro atoms. The zero-order chi connectivity index (χ0) is 11.5. The molecule has 1 aromatic rings. The molecule has 88 valence electrons. The van der Waals surface area contributed by atoms with Crippen LogP contribution in [0.4, 0.5) is 0 Å². The fourth-order valence-electron chi connectivity index (χ4n) is 1.44. The van der Waals surface area contributed by atoms with Gasteiger partial charge < -0.3 is 14.2 Å². The van der Waals surface area contributed by atoms with Gasteiger partial charge in [-0.2, -0.15) is 0 Å². The second kappa shape index (κ2) is 5.23. The molecular formula is C11H12Cl2O3. The Labute approximate surface area is 104 Å². The highest BCUT2D eigenvalue weighted by molar-refractivity contribution is 6.42. The zero-order valence-electron chi connectivity index (χ0n) is 8.78. The van der Waals surface area contributed by atoms with Crippen molar-refractivity contribution in [2.75, 3.05) is 13.2 Å². The molecule has 16 heavy (non-hydrogen) atoms. The van der Waals surface area contributed by atoms with Gasteiger partial charge in [0.05, 0.1) is 16.7 Å². The van der Waals surface area contributed by atoms with Crippen LogP contribution >= 0.6 is 23.2 Å². The number of hydrogen-bond acceptors (Lipinski definition) is 3. The Bertz CT molecular complexity index is 370. The fourth-order valence-corrected chi connectivity index (χ4v) is 1.72. The van der Waals surface area contributed by atoms with Crippen molar-refractivity contribution in [3.63, 3.8) is 0 Å². The molecule has 1 fully saturated rings. The SMILES string of the molecule is CC1OCC(COc2ccc(Cl)c(Cl)c2)O1. The van der Waals surface area contributed by atoms with Crippen LogP contribution in [0.3, 0.4) is 0 Å². The number of halogens is 2. The van der Waals surface area contributed by atoms with Crippen LogP contribution in [0.1, 0.15) is 6.92 Å². The standard InChI is InChI=1S/C11H12Cl2O3/c1-7-14-5-9(16-7)6-15-8-2-3-10(12)11(13)4-8/h2-4,7,9H,5-6H2,1H3. The molecule has 0 amide bonds. The second-order valence-corrected chi connectivity index (χ2v) is 4.36. The molecule has 1 aromatic carbocycles. The lowest BCUT2D eigenvalue weighted by Crippen LogP contribution is -2.20. The maximum Gasteiger partial charge on any atom is 0.155 e. The summed E-state index contributed by atoms with van der Waals surface area (Å²) in [6.07, 6.45) is -0.174. The van der Waals surface area contributed by atoms with Crippen LogP contribution in [0.2, 0.25) is 10.0 Å². The molecule has 0 N–H and O–H groups in total. The quantitative estimate of drug-likeness (QED) is 0.838. The summed E-state index contributed by atoms with van der Waals surface area (Å²) in [5.74, 6) is 0.678. The first-order valence-corrected chi connectivity index (χ1v) is 5.75. The van der Waals surface area contributed by atoms with Gasteiger partial charge in [-0.1, -0.05) is 23.2 Å². The van der Waals surface area contributed by atoms with Crippen molar-refractivity contribution in [3.05, 3.63) is 28.2 Å². The van der Waals surface area contributed by atoms with Gasteiger partial charge >= 0.3 is 0 Å². The predicted octanol–water partition coefficient (Wildman–Crippen LogP) is 3.13. The van der Waals surface area contributed by atoms with Gasteiger partial charge in [0.2, 0.25) is 0 Å². The van der Waals surface area contributed by atoms with Crippen LogP contribution in [-0.2, 0) is 9.47 Å². The first-order valence-electron chi connectivity index (χ1n) is 5.00. The number of benzene rings is 1. The van der Waals surface area contributed by atoms with Gasteiger partial charge in [0, 0.05) is 6.07 Å². The van der Waals surface area contributed by atoms with E-state index in [-0.39, 0.29) is 12.4 Å². The van der Waals surface area contributed by atoms with E-state index in [0.717, 1.165) is 0 Å². The van der Waals surface area contributed by atoms with E-state index in [2.05, 4.69) is 0 Å². The van der Waals surface area contributed by atoms with E-state index in [9.17, 15) is 0 Å². The smallest absolute Gasteiger partial charge is 0.155 e.